The molecule has 0 aliphatic carbocycles. The lowest BCUT2D eigenvalue weighted by Crippen LogP contribution is -2.23. The van der Waals surface area contributed by atoms with E-state index in [4.69, 9.17) is 18.9 Å². The number of fused-ring (bicyclic) bond motifs is 1. The zero-order chi connectivity index (χ0) is 22.4. The summed E-state index contributed by atoms with van der Waals surface area (Å²) in [5.41, 5.74) is 0.907. The number of hydrogen-bond acceptors (Lipinski definition) is 8. The van der Waals surface area contributed by atoms with Crippen molar-refractivity contribution >= 4 is 46.3 Å². The first-order chi connectivity index (χ1) is 14.9. The molecule has 10 heteroatoms. The van der Waals surface area contributed by atoms with Gasteiger partial charge < -0.3 is 24.1 Å². The van der Waals surface area contributed by atoms with Crippen LogP contribution in [0.5, 0.6) is 17.2 Å². The third-order valence-corrected chi connectivity index (χ3v) is 5.38. The molecule has 0 saturated carbocycles. The molecule has 0 spiro atoms. The number of amides is 1. The molecule has 0 fully saturated rings. The molecule has 2 atom stereocenters. The van der Waals surface area contributed by atoms with Gasteiger partial charge in [0.2, 0.25) is 6.79 Å². The molecule has 8 nitrogen and oxygen atoms in total. The Labute approximate surface area is 193 Å². The Balaban J connectivity index is 1.73. The maximum atomic E-state index is 12.6. The van der Waals surface area contributed by atoms with Gasteiger partial charge in [0.25, 0.3) is 0 Å². The first-order valence-electron chi connectivity index (χ1n) is 9.49. The van der Waals surface area contributed by atoms with E-state index in [0.717, 1.165) is 4.47 Å². The van der Waals surface area contributed by atoms with Crippen molar-refractivity contribution in [2.45, 2.75) is 19.4 Å². The Morgan fingerprint density at radius 3 is 2.77 bits per heavy atom. The van der Waals surface area contributed by atoms with Crippen LogP contribution in [0, 0.1) is 5.92 Å². The van der Waals surface area contributed by atoms with Crippen molar-refractivity contribution in [3.8, 4) is 17.2 Å². The van der Waals surface area contributed by atoms with Crippen LogP contribution in [0.25, 0.3) is 0 Å². The fourth-order valence-corrected chi connectivity index (χ4v) is 3.50. The van der Waals surface area contributed by atoms with Crippen LogP contribution in [0.2, 0.25) is 0 Å². The lowest BCUT2D eigenvalue weighted by molar-refractivity contribution is -0.141. The maximum absolute atomic E-state index is 12.6. The van der Waals surface area contributed by atoms with Crippen LogP contribution >= 0.6 is 28.6 Å². The Bertz CT molecular complexity index is 955. The summed E-state index contributed by atoms with van der Waals surface area (Å²) in [5, 5.41) is 13.0. The van der Waals surface area contributed by atoms with Gasteiger partial charge in [0, 0.05) is 27.7 Å². The molecule has 0 saturated heterocycles. The normalized spacial score (nSPS) is 13.9. The highest BCUT2D eigenvalue weighted by Crippen LogP contribution is 2.37. The van der Waals surface area contributed by atoms with E-state index in [1.54, 1.807) is 30.3 Å². The predicted molar refractivity (Wildman–Crippen MR) is 120 cm³/mol. The van der Waals surface area contributed by atoms with Crippen molar-refractivity contribution in [1.82, 2.24) is 0 Å². The lowest BCUT2D eigenvalue weighted by Gasteiger charge is -2.25. The molecule has 1 aliphatic heterocycles. The third kappa shape index (κ3) is 6.20. The smallest absolute Gasteiger partial charge is 0.412 e. The number of halogens is 1. The molecular weight excluding hydrogens is 490 g/mol. The largest absolute Gasteiger partial charge is 0.508 e. The summed E-state index contributed by atoms with van der Waals surface area (Å²) < 4.78 is 22.1. The number of carbonyl (C=O) groups excluding carboxylic acids is 2. The number of hydrogen-bond donors (Lipinski definition) is 3. The highest BCUT2D eigenvalue weighted by molar-refractivity contribution is 9.10. The lowest BCUT2D eigenvalue weighted by atomic mass is 9.94. The van der Waals surface area contributed by atoms with Gasteiger partial charge in [-0.25, -0.2) is 4.79 Å². The number of ether oxygens (including phenoxy) is 4. The SMILES string of the molecule is C[C@H](CCOC(=O)CS)[C@H](OC(=O)Nc1ccc2c(c1)OCO2)c1cc(Br)ccc1O. The summed E-state index contributed by atoms with van der Waals surface area (Å²) in [6.45, 7) is 2.11. The second kappa shape index (κ2) is 10.6. The zero-order valence-electron chi connectivity index (χ0n) is 16.7. The fourth-order valence-electron chi connectivity index (χ4n) is 3.03. The van der Waals surface area contributed by atoms with E-state index in [1.165, 1.54) is 6.07 Å². The Hall–Kier alpha value is -2.59. The first kappa shape index (κ1) is 23.1. The van der Waals surface area contributed by atoms with Crippen LogP contribution in [0.15, 0.2) is 40.9 Å². The van der Waals surface area contributed by atoms with E-state index in [9.17, 15) is 14.7 Å². The van der Waals surface area contributed by atoms with Crippen LogP contribution in [-0.2, 0) is 14.3 Å². The predicted octanol–water partition coefficient (Wildman–Crippen LogP) is 4.67. The average Bonchev–Trinajstić information content (AvgIpc) is 3.21. The number of phenols is 1. The second-order valence-electron chi connectivity index (χ2n) is 6.87. The molecule has 1 heterocycles. The molecule has 3 rings (SSSR count). The van der Waals surface area contributed by atoms with Gasteiger partial charge in [-0.3, -0.25) is 10.1 Å². The van der Waals surface area contributed by atoms with Gasteiger partial charge in [-0.2, -0.15) is 12.6 Å². The molecule has 1 aliphatic rings. The van der Waals surface area contributed by atoms with Crippen molar-refractivity contribution in [1.29, 1.82) is 0 Å². The molecule has 31 heavy (non-hydrogen) atoms. The molecular formula is C21H22BrNO7S. The number of benzene rings is 2. The van der Waals surface area contributed by atoms with E-state index in [1.807, 2.05) is 6.92 Å². The summed E-state index contributed by atoms with van der Waals surface area (Å²) in [6, 6.07) is 9.87. The van der Waals surface area contributed by atoms with Gasteiger partial charge in [0.15, 0.2) is 11.5 Å². The first-order valence-corrected chi connectivity index (χ1v) is 10.9. The number of phenolic OH excluding ortho intramolecular Hbond substituents is 1. The second-order valence-corrected chi connectivity index (χ2v) is 8.10. The summed E-state index contributed by atoms with van der Waals surface area (Å²) >= 11 is 7.24. The minimum absolute atomic E-state index is 0.0108. The standard InChI is InChI=1S/C21H22BrNO7S/c1-12(6-7-27-19(25)10-31)20(15-8-13(22)2-4-16(15)24)30-21(26)23-14-3-5-17-18(9-14)29-11-28-17/h2-5,8-9,12,20,24,31H,6-7,10-11H2,1H3,(H,23,26)/t12-,20+/m1/s1. The van der Waals surface area contributed by atoms with Gasteiger partial charge >= 0.3 is 12.1 Å². The van der Waals surface area contributed by atoms with E-state index < -0.39 is 18.2 Å². The number of anilines is 1. The maximum Gasteiger partial charge on any atom is 0.412 e. The van der Waals surface area contributed by atoms with Gasteiger partial charge in [-0.1, -0.05) is 22.9 Å². The summed E-state index contributed by atoms with van der Waals surface area (Å²) in [5.74, 6) is 0.398. The van der Waals surface area contributed by atoms with Gasteiger partial charge in [-0.15, -0.1) is 0 Å². The van der Waals surface area contributed by atoms with E-state index >= 15 is 0 Å². The zero-order valence-corrected chi connectivity index (χ0v) is 19.1. The van der Waals surface area contributed by atoms with Crippen LogP contribution in [0.3, 0.4) is 0 Å². The molecule has 0 radical (unpaired) electrons. The van der Waals surface area contributed by atoms with Gasteiger partial charge in [-0.05, 0) is 36.8 Å². The van der Waals surface area contributed by atoms with Crippen LogP contribution in [0.4, 0.5) is 10.5 Å². The number of aromatic hydroxyl groups is 1. The van der Waals surface area contributed by atoms with E-state index in [-0.39, 0.29) is 30.8 Å². The summed E-state index contributed by atoms with van der Waals surface area (Å²) in [4.78, 5) is 24.0. The van der Waals surface area contributed by atoms with Crippen molar-refractivity contribution in [2.75, 3.05) is 24.5 Å². The van der Waals surface area contributed by atoms with Crippen molar-refractivity contribution in [3.63, 3.8) is 0 Å². The molecule has 2 aromatic carbocycles. The van der Waals surface area contributed by atoms with Crippen LogP contribution in [-0.4, -0.2) is 36.3 Å². The molecule has 166 valence electrons. The third-order valence-electron chi connectivity index (χ3n) is 4.63. The van der Waals surface area contributed by atoms with Gasteiger partial charge in [0.1, 0.15) is 11.9 Å². The summed E-state index contributed by atoms with van der Waals surface area (Å²) in [7, 11) is 0. The average molecular weight is 512 g/mol. The molecule has 0 bridgehead atoms. The highest BCUT2D eigenvalue weighted by atomic mass is 79.9. The molecule has 0 unspecified atom stereocenters. The van der Waals surface area contributed by atoms with Crippen molar-refractivity contribution in [3.05, 3.63) is 46.4 Å². The van der Waals surface area contributed by atoms with Gasteiger partial charge in [0.05, 0.1) is 12.4 Å². The fraction of sp³-hybridized carbons (Fsp3) is 0.333. The number of nitrogens with one attached hydrogen (secondary N) is 1. The van der Waals surface area contributed by atoms with Crippen molar-refractivity contribution in [2.24, 2.45) is 5.92 Å². The van der Waals surface area contributed by atoms with Crippen molar-refractivity contribution < 1.29 is 33.6 Å². The molecule has 1 amide bonds. The number of thiol groups is 1. The quantitative estimate of drug-likeness (QED) is 0.349. The highest BCUT2D eigenvalue weighted by Gasteiger charge is 2.27. The summed E-state index contributed by atoms with van der Waals surface area (Å²) in [6.07, 6.45) is -1.09. The Kier molecular flexibility index (Phi) is 7.91. The van der Waals surface area contributed by atoms with E-state index in [2.05, 4.69) is 33.9 Å². The van der Waals surface area contributed by atoms with E-state index in [0.29, 0.717) is 29.2 Å². The van der Waals surface area contributed by atoms with Crippen LogP contribution < -0.4 is 14.8 Å². The topological polar surface area (TPSA) is 103 Å². The molecule has 2 aromatic rings. The Morgan fingerprint density at radius 1 is 1.23 bits per heavy atom. The minimum Gasteiger partial charge on any atom is -0.508 e. The molecule has 0 aromatic heterocycles. The Morgan fingerprint density at radius 2 is 2.00 bits per heavy atom. The minimum atomic E-state index is -0.791. The number of rotatable bonds is 8. The number of esters is 1. The monoisotopic (exact) mass is 511 g/mol. The number of carbonyl (C=O) groups is 2. The molecule has 2 N–H and O–H groups in total. The van der Waals surface area contributed by atoms with Crippen LogP contribution in [0.1, 0.15) is 25.0 Å².